The van der Waals surface area contributed by atoms with Crippen molar-refractivity contribution in [3.63, 3.8) is 0 Å². The molecule has 1 heterocycles. The lowest BCUT2D eigenvalue weighted by atomic mass is 10.1. The van der Waals surface area contributed by atoms with Crippen LogP contribution in [0.3, 0.4) is 0 Å². The van der Waals surface area contributed by atoms with E-state index < -0.39 is 0 Å². The van der Waals surface area contributed by atoms with Gasteiger partial charge in [0.1, 0.15) is 0 Å². The molecule has 0 saturated heterocycles. The zero-order valence-corrected chi connectivity index (χ0v) is 12.1. The van der Waals surface area contributed by atoms with Gasteiger partial charge in [-0.15, -0.1) is 0 Å². The van der Waals surface area contributed by atoms with Gasteiger partial charge in [0.25, 0.3) is 5.91 Å². The number of carbonyl (C=O) groups is 1. The first kappa shape index (κ1) is 12.2. The molecule has 0 saturated carbocycles. The third-order valence-electron chi connectivity index (χ3n) is 3.14. The second-order valence-electron chi connectivity index (χ2n) is 4.58. The highest BCUT2D eigenvalue weighted by molar-refractivity contribution is 9.10. The highest BCUT2D eigenvalue weighted by atomic mass is 79.9. The third-order valence-corrected chi connectivity index (χ3v) is 3.63. The topological polar surface area (TPSA) is 32.3 Å². The number of carbonyl (C=O) groups excluding carboxylic acids is 1. The van der Waals surface area contributed by atoms with Gasteiger partial charge in [-0.3, -0.25) is 9.69 Å². The molecule has 0 radical (unpaired) electrons. The van der Waals surface area contributed by atoms with Gasteiger partial charge in [-0.2, -0.15) is 0 Å². The lowest BCUT2D eigenvalue weighted by Crippen LogP contribution is -2.36. The number of nitrogens with one attached hydrogen (secondary N) is 1. The summed E-state index contributed by atoms with van der Waals surface area (Å²) in [5, 5.41) is 3.14. The lowest BCUT2D eigenvalue weighted by molar-refractivity contribution is -0.116. The highest BCUT2D eigenvalue weighted by Crippen LogP contribution is 2.37. The van der Waals surface area contributed by atoms with Gasteiger partial charge in [0.05, 0.1) is 17.9 Å². The van der Waals surface area contributed by atoms with E-state index in [1.807, 2.05) is 49.4 Å². The standard InChI is InChI=1S/C15H13BrN2O/c1-10-3-2-4-12(7-10)18-14-8-11(16)5-6-13(14)17-9-15(18)19/h2-8,17H,9H2,1H3. The molecular formula is C15H13BrN2O. The van der Waals surface area contributed by atoms with Gasteiger partial charge < -0.3 is 5.32 Å². The van der Waals surface area contributed by atoms with Crippen molar-refractivity contribution in [3.8, 4) is 0 Å². The van der Waals surface area contributed by atoms with Crippen molar-refractivity contribution >= 4 is 38.9 Å². The average molecular weight is 317 g/mol. The SMILES string of the molecule is Cc1cccc(N2C(=O)CNc3ccc(Br)cc32)c1. The van der Waals surface area contributed by atoms with Gasteiger partial charge in [0, 0.05) is 10.2 Å². The minimum Gasteiger partial charge on any atom is -0.374 e. The summed E-state index contributed by atoms with van der Waals surface area (Å²) in [6, 6.07) is 13.9. The predicted molar refractivity (Wildman–Crippen MR) is 81.0 cm³/mol. The Kier molecular flexibility index (Phi) is 3.03. The Balaban J connectivity index is 2.15. The van der Waals surface area contributed by atoms with Crippen LogP contribution in [0.5, 0.6) is 0 Å². The molecule has 0 spiro atoms. The molecule has 3 rings (SSSR count). The second-order valence-corrected chi connectivity index (χ2v) is 5.50. The molecule has 0 bridgehead atoms. The average Bonchev–Trinajstić information content (AvgIpc) is 2.38. The fraction of sp³-hybridized carbons (Fsp3) is 0.133. The maximum Gasteiger partial charge on any atom is 0.250 e. The third kappa shape index (κ3) is 2.24. The van der Waals surface area contributed by atoms with Crippen molar-refractivity contribution < 1.29 is 4.79 Å². The maximum absolute atomic E-state index is 12.2. The normalized spacial score (nSPS) is 14.0. The molecule has 1 aliphatic rings. The summed E-state index contributed by atoms with van der Waals surface area (Å²) in [5.74, 6) is 0.0520. The number of nitrogens with zero attached hydrogens (tertiary/aromatic N) is 1. The van der Waals surface area contributed by atoms with Crippen LogP contribution in [0.4, 0.5) is 17.1 Å². The van der Waals surface area contributed by atoms with E-state index in [1.54, 1.807) is 4.90 Å². The molecule has 2 aromatic rings. The number of hydrogen-bond donors (Lipinski definition) is 1. The predicted octanol–water partition coefficient (Wildman–Crippen LogP) is 3.85. The molecule has 1 N–H and O–H groups in total. The Labute approximate surface area is 120 Å². The molecule has 0 unspecified atom stereocenters. The van der Waals surface area contributed by atoms with Crippen molar-refractivity contribution in [2.24, 2.45) is 0 Å². The van der Waals surface area contributed by atoms with Gasteiger partial charge in [0.2, 0.25) is 0 Å². The zero-order valence-electron chi connectivity index (χ0n) is 10.5. The smallest absolute Gasteiger partial charge is 0.250 e. The number of benzene rings is 2. The van der Waals surface area contributed by atoms with E-state index >= 15 is 0 Å². The van der Waals surface area contributed by atoms with Crippen LogP contribution in [-0.2, 0) is 4.79 Å². The molecule has 1 aliphatic heterocycles. The number of aryl methyl sites for hydroxylation is 1. The molecule has 0 aromatic heterocycles. The molecule has 3 nitrogen and oxygen atoms in total. The largest absolute Gasteiger partial charge is 0.374 e. The Bertz CT molecular complexity index is 654. The summed E-state index contributed by atoms with van der Waals surface area (Å²) >= 11 is 3.46. The molecular weight excluding hydrogens is 304 g/mol. The number of halogens is 1. The number of fused-ring (bicyclic) bond motifs is 1. The van der Waals surface area contributed by atoms with E-state index in [-0.39, 0.29) is 5.91 Å². The summed E-state index contributed by atoms with van der Waals surface area (Å²) in [6.45, 7) is 2.35. The fourth-order valence-corrected chi connectivity index (χ4v) is 2.62. The van der Waals surface area contributed by atoms with Crippen LogP contribution in [0, 0.1) is 6.92 Å². The van der Waals surface area contributed by atoms with Crippen molar-refractivity contribution in [1.29, 1.82) is 0 Å². The minimum absolute atomic E-state index is 0.0520. The van der Waals surface area contributed by atoms with Crippen molar-refractivity contribution in [2.75, 3.05) is 16.8 Å². The molecule has 4 heteroatoms. The summed E-state index contributed by atoms with van der Waals surface area (Å²) in [7, 11) is 0. The van der Waals surface area contributed by atoms with Crippen LogP contribution in [0.15, 0.2) is 46.9 Å². The first-order valence-electron chi connectivity index (χ1n) is 6.08. The van der Waals surface area contributed by atoms with Crippen LogP contribution in [0.2, 0.25) is 0 Å². The zero-order chi connectivity index (χ0) is 13.4. The molecule has 0 fully saturated rings. The first-order chi connectivity index (χ1) is 9.15. The monoisotopic (exact) mass is 316 g/mol. The van der Waals surface area contributed by atoms with Crippen LogP contribution in [-0.4, -0.2) is 12.5 Å². The molecule has 19 heavy (non-hydrogen) atoms. The van der Waals surface area contributed by atoms with Crippen LogP contribution < -0.4 is 10.2 Å². The Morgan fingerprint density at radius 2 is 2.05 bits per heavy atom. The van der Waals surface area contributed by atoms with Gasteiger partial charge in [-0.25, -0.2) is 0 Å². The second kappa shape index (κ2) is 4.70. The molecule has 0 aliphatic carbocycles. The van der Waals surface area contributed by atoms with E-state index in [2.05, 4.69) is 21.2 Å². The maximum atomic E-state index is 12.2. The summed E-state index contributed by atoms with van der Waals surface area (Å²) in [5.41, 5.74) is 3.91. The quantitative estimate of drug-likeness (QED) is 0.866. The molecule has 2 aromatic carbocycles. The summed E-state index contributed by atoms with van der Waals surface area (Å²) in [6.07, 6.45) is 0. The Hall–Kier alpha value is -1.81. The van der Waals surface area contributed by atoms with E-state index in [0.29, 0.717) is 6.54 Å². The molecule has 0 atom stereocenters. The molecule has 96 valence electrons. The summed E-state index contributed by atoms with van der Waals surface area (Å²) in [4.78, 5) is 14.0. The fourth-order valence-electron chi connectivity index (χ4n) is 2.27. The number of amides is 1. The summed E-state index contributed by atoms with van der Waals surface area (Å²) < 4.78 is 0.959. The van der Waals surface area contributed by atoms with Crippen LogP contribution >= 0.6 is 15.9 Å². The van der Waals surface area contributed by atoms with Crippen molar-refractivity contribution in [3.05, 3.63) is 52.5 Å². The number of hydrogen-bond acceptors (Lipinski definition) is 2. The highest BCUT2D eigenvalue weighted by Gasteiger charge is 2.25. The van der Waals surface area contributed by atoms with Gasteiger partial charge in [-0.05, 0) is 42.8 Å². The van der Waals surface area contributed by atoms with E-state index in [1.165, 1.54) is 0 Å². The van der Waals surface area contributed by atoms with Crippen molar-refractivity contribution in [1.82, 2.24) is 0 Å². The Morgan fingerprint density at radius 3 is 2.84 bits per heavy atom. The lowest BCUT2D eigenvalue weighted by Gasteiger charge is -2.30. The van der Waals surface area contributed by atoms with Gasteiger partial charge in [-0.1, -0.05) is 28.1 Å². The number of anilines is 3. The van der Waals surface area contributed by atoms with E-state index in [0.717, 1.165) is 27.1 Å². The van der Waals surface area contributed by atoms with Gasteiger partial charge in [0.15, 0.2) is 0 Å². The van der Waals surface area contributed by atoms with E-state index in [4.69, 9.17) is 0 Å². The van der Waals surface area contributed by atoms with Crippen molar-refractivity contribution in [2.45, 2.75) is 6.92 Å². The Morgan fingerprint density at radius 1 is 1.21 bits per heavy atom. The minimum atomic E-state index is 0.0520. The van der Waals surface area contributed by atoms with Gasteiger partial charge >= 0.3 is 0 Å². The van der Waals surface area contributed by atoms with Crippen LogP contribution in [0.1, 0.15) is 5.56 Å². The van der Waals surface area contributed by atoms with Crippen LogP contribution in [0.25, 0.3) is 0 Å². The first-order valence-corrected chi connectivity index (χ1v) is 6.87. The van der Waals surface area contributed by atoms with E-state index in [9.17, 15) is 4.79 Å². The molecule has 1 amide bonds. The number of rotatable bonds is 1.